The molecule has 0 aromatic heterocycles. The molecule has 3 rings (SSSR count). The third-order valence-electron chi connectivity index (χ3n) is 4.78. The normalized spacial score (nSPS) is 15.9. The number of nitrogens with zero attached hydrogens (tertiary/aromatic N) is 1. The van der Waals surface area contributed by atoms with Gasteiger partial charge in [-0.05, 0) is 49.5 Å². The van der Waals surface area contributed by atoms with Gasteiger partial charge < -0.3 is 11.1 Å². The summed E-state index contributed by atoms with van der Waals surface area (Å²) < 4.78 is 0. The molecule has 25 heavy (non-hydrogen) atoms. The maximum absolute atomic E-state index is 12.3. The zero-order chi connectivity index (χ0) is 17.6. The minimum absolute atomic E-state index is 0.145. The first kappa shape index (κ1) is 17.6. The minimum atomic E-state index is -0.631. The Morgan fingerprint density at radius 1 is 1.12 bits per heavy atom. The monoisotopic (exact) mass is 337 g/mol. The van der Waals surface area contributed by atoms with Gasteiger partial charge in [-0.25, -0.2) is 0 Å². The molecule has 0 radical (unpaired) electrons. The molecule has 0 saturated carbocycles. The van der Waals surface area contributed by atoms with Gasteiger partial charge in [0.1, 0.15) is 6.04 Å². The fourth-order valence-electron chi connectivity index (χ4n) is 3.26. The van der Waals surface area contributed by atoms with E-state index in [1.807, 2.05) is 37.3 Å². The number of hydrogen-bond acceptors (Lipinski definition) is 3. The van der Waals surface area contributed by atoms with Crippen molar-refractivity contribution in [1.29, 1.82) is 0 Å². The number of likely N-dealkylation sites (tertiary alicyclic amines) is 1. The molecule has 2 aromatic carbocycles. The van der Waals surface area contributed by atoms with Crippen molar-refractivity contribution in [2.75, 3.05) is 13.1 Å². The summed E-state index contributed by atoms with van der Waals surface area (Å²) in [7, 11) is 0. The standard InChI is InChI=1S/C21H27N3O/c1-16-7-9-19(10-8-16)20(22)21(25)23-14-17-5-4-6-18(13-17)15-24-11-2-3-12-24/h4-10,13,20H,2-3,11-12,14-15,22H2,1H3,(H,23,25). The number of amides is 1. The fraction of sp³-hybridized carbons (Fsp3) is 0.381. The van der Waals surface area contributed by atoms with Gasteiger partial charge in [-0.2, -0.15) is 0 Å². The van der Waals surface area contributed by atoms with Gasteiger partial charge in [-0.1, -0.05) is 54.1 Å². The van der Waals surface area contributed by atoms with E-state index in [4.69, 9.17) is 5.73 Å². The second-order valence-corrected chi connectivity index (χ2v) is 6.91. The highest BCUT2D eigenvalue weighted by molar-refractivity contribution is 5.82. The molecule has 1 fully saturated rings. The number of rotatable bonds is 6. The molecule has 2 aromatic rings. The van der Waals surface area contributed by atoms with Crippen LogP contribution in [0.2, 0.25) is 0 Å². The predicted molar refractivity (Wildman–Crippen MR) is 101 cm³/mol. The van der Waals surface area contributed by atoms with Gasteiger partial charge in [0.2, 0.25) is 5.91 Å². The van der Waals surface area contributed by atoms with Crippen molar-refractivity contribution in [1.82, 2.24) is 10.2 Å². The Bertz CT molecular complexity index is 705. The van der Waals surface area contributed by atoms with Crippen LogP contribution in [0.5, 0.6) is 0 Å². The highest BCUT2D eigenvalue weighted by atomic mass is 16.2. The lowest BCUT2D eigenvalue weighted by atomic mass is 10.1. The summed E-state index contributed by atoms with van der Waals surface area (Å²) in [5.41, 5.74) is 10.5. The minimum Gasteiger partial charge on any atom is -0.350 e. The van der Waals surface area contributed by atoms with E-state index in [9.17, 15) is 4.79 Å². The zero-order valence-corrected chi connectivity index (χ0v) is 14.9. The van der Waals surface area contributed by atoms with Gasteiger partial charge in [0.05, 0.1) is 0 Å². The highest BCUT2D eigenvalue weighted by Gasteiger charge is 2.15. The SMILES string of the molecule is Cc1ccc(C(N)C(=O)NCc2cccc(CN3CCCC3)c2)cc1. The largest absolute Gasteiger partial charge is 0.350 e. The van der Waals surface area contributed by atoms with E-state index < -0.39 is 6.04 Å². The van der Waals surface area contributed by atoms with Crippen molar-refractivity contribution in [2.24, 2.45) is 5.73 Å². The predicted octanol–water partition coefficient (Wildman–Crippen LogP) is 2.91. The van der Waals surface area contributed by atoms with Crippen LogP contribution in [0.4, 0.5) is 0 Å². The van der Waals surface area contributed by atoms with Gasteiger partial charge >= 0.3 is 0 Å². The maximum Gasteiger partial charge on any atom is 0.241 e. The third-order valence-corrected chi connectivity index (χ3v) is 4.78. The third kappa shape index (κ3) is 4.91. The first-order valence-corrected chi connectivity index (χ1v) is 9.02. The van der Waals surface area contributed by atoms with Crippen molar-refractivity contribution in [3.8, 4) is 0 Å². The molecular formula is C21H27N3O. The average molecular weight is 337 g/mol. The van der Waals surface area contributed by atoms with Crippen LogP contribution in [-0.4, -0.2) is 23.9 Å². The molecule has 1 aliphatic rings. The second-order valence-electron chi connectivity index (χ2n) is 6.91. The Labute approximate surface area is 150 Å². The summed E-state index contributed by atoms with van der Waals surface area (Å²) in [6.45, 7) is 5.89. The molecule has 132 valence electrons. The van der Waals surface area contributed by atoms with Crippen molar-refractivity contribution >= 4 is 5.91 Å². The Balaban J connectivity index is 1.55. The summed E-state index contributed by atoms with van der Waals surface area (Å²) in [5.74, 6) is -0.145. The fourth-order valence-corrected chi connectivity index (χ4v) is 3.26. The Hall–Kier alpha value is -2.17. The van der Waals surface area contributed by atoms with E-state index in [-0.39, 0.29) is 5.91 Å². The highest BCUT2D eigenvalue weighted by Crippen LogP contribution is 2.15. The number of aryl methyl sites for hydroxylation is 1. The van der Waals surface area contributed by atoms with Crippen LogP contribution in [0.1, 0.15) is 41.1 Å². The number of carbonyl (C=O) groups is 1. The maximum atomic E-state index is 12.3. The first-order chi connectivity index (χ1) is 12.1. The summed E-state index contributed by atoms with van der Waals surface area (Å²) >= 11 is 0. The summed E-state index contributed by atoms with van der Waals surface area (Å²) in [5, 5.41) is 2.96. The molecule has 1 atom stereocenters. The number of nitrogens with one attached hydrogen (secondary N) is 1. The molecular weight excluding hydrogens is 310 g/mol. The summed E-state index contributed by atoms with van der Waals surface area (Å²) in [6, 6.07) is 15.6. The van der Waals surface area contributed by atoms with Gasteiger partial charge in [0.15, 0.2) is 0 Å². The van der Waals surface area contributed by atoms with Crippen LogP contribution in [-0.2, 0) is 17.9 Å². The second kappa shape index (κ2) is 8.28. The van der Waals surface area contributed by atoms with Gasteiger partial charge in [0, 0.05) is 13.1 Å². The van der Waals surface area contributed by atoms with Gasteiger partial charge in [-0.15, -0.1) is 0 Å². The average Bonchev–Trinajstić information content (AvgIpc) is 3.13. The van der Waals surface area contributed by atoms with Crippen molar-refractivity contribution in [3.05, 3.63) is 70.8 Å². The lowest BCUT2D eigenvalue weighted by Gasteiger charge is -2.16. The van der Waals surface area contributed by atoms with Crippen LogP contribution in [0.25, 0.3) is 0 Å². The first-order valence-electron chi connectivity index (χ1n) is 9.02. The Kier molecular flexibility index (Phi) is 5.84. The molecule has 1 unspecified atom stereocenters. The topological polar surface area (TPSA) is 58.4 Å². The Morgan fingerprint density at radius 2 is 1.80 bits per heavy atom. The molecule has 3 N–H and O–H groups in total. The van der Waals surface area contributed by atoms with E-state index >= 15 is 0 Å². The van der Waals surface area contributed by atoms with Crippen LogP contribution >= 0.6 is 0 Å². The zero-order valence-electron chi connectivity index (χ0n) is 14.9. The lowest BCUT2D eigenvalue weighted by Crippen LogP contribution is -2.33. The quantitative estimate of drug-likeness (QED) is 0.852. The van der Waals surface area contributed by atoms with E-state index in [1.165, 1.54) is 31.5 Å². The van der Waals surface area contributed by atoms with E-state index in [0.29, 0.717) is 6.54 Å². The summed E-state index contributed by atoms with van der Waals surface area (Å²) in [4.78, 5) is 14.8. The number of hydrogen-bond donors (Lipinski definition) is 2. The molecule has 1 saturated heterocycles. The number of benzene rings is 2. The van der Waals surface area contributed by atoms with Gasteiger partial charge in [0.25, 0.3) is 0 Å². The molecule has 4 heteroatoms. The molecule has 0 spiro atoms. The van der Waals surface area contributed by atoms with Gasteiger partial charge in [-0.3, -0.25) is 9.69 Å². The molecule has 1 amide bonds. The van der Waals surface area contributed by atoms with Crippen molar-refractivity contribution in [2.45, 2.75) is 38.9 Å². The molecule has 0 aliphatic carbocycles. The molecule has 4 nitrogen and oxygen atoms in total. The van der Waals surface area contributed by atoms with Crippen LogP contribution in [0.15, 0.2) is 48.5 Å². The smallest absolute Gasteiger partial charge is 0.241 e. The van der Waals surface area contributed by atoms with Crippen LogP contribution < -0.4 is 11.1 Å². The van der Waals surface area contributed by atoms with Crippen molar-refractivity contribution < 1.29 is 4.79 Å². The number of carbonyl (C=O) groups excluding carboxylic acids is 1. The number of nitrogens with two attached hydrogens (primary N) is 1. The van der Waals surface area contributed by atoms with E-state index in [2.05, 4.69) is 28.4 Å². The Morgan fingerprint density at radius 3 is 2.52 bits per heavy atom. The molecule has 1 aliphatic heterocycles. The van der Waals surface area contributed by atoms with E-state index in [1.54, 1.807) is 0 Å². The molecule has 1 heterocycles. The summed E-state index contributed by atoms with van der Waals surface area (Å²) in [6.07, 6.45) is 2.60. The van der Waals surface area contributed by atoms with E-state index in [0.717, 1.165) is 23.2 Å². The van der Waals surface area contributed by atoms with Crippen LogP contribution in [0, 0.1) is 6.92 Å². The van der Waals surface area contributed by atoms with Crippen molar-refractivity contribution in [3.63, 3.8) is 0 Å². The van der Waals surface area contributed by atoms with Crippen LogP contribution in [0.3, 0.4) is 0 Å². The molecule has 0 bridgehead atoms. The lowest BCUT2D eigenvalue weighted by molar-refractivity contribution is -0.122.